The fourth-order valence-corrected chi connectivity index (χ4v) is 2.90. The summed E-state index contributed by atoms with van der Waals surface area (Å²) in [5.74, 6) is -0.636. The van der Waals surface area contributed by atoms with Gasteiger partial charge in [0.25, 0.3) is 0 Å². The summed E-state index contributed by atoms with van der Waals surface area (Å²) in [6.45, 7) is 8.93. The number of hydrogen-bond acceptors (Lipinski definition) is 6. The van der Waals surface area contributed by atoms with E-state index in [0.29, 0.717) is 18.8 Å². The first kappa shape index (κ1) is 18.4. The van der Waals surface area contributed by atoms with Crippen molar-refractivity contribution < 1.29 is 19.1 Å². The van der Waals surface area contributed by atoms with Crippen LogP contribution in [-0.2, 0) is 27.9 Å². The highest BCUT2D eigenvalue weighted by Gasteiger charge is 2.35. The summed E-state index contributed by atoms with van der Waals surface area (Å²) in [6, 6.07) is -0.278. The third kappa shape index (κ3) is 4.56. The van der Waals surface area contributed by atoms with Crippen molar-refractivity contribution in [2.45, 2.75) is 58.7 Å². The van der Waals surface area contributed by atoms with E-state index < -0.39 is 11.6 Å². The molecule has 0 N–H and O–H groups in total. The number of aromatic nitrogens is 2. The van der Waals surface area contributed by atoms with Crippen LogP contribution in [0.25, 0.3) is 0 Å². The Bertz CT molecular complexity index is 603. The normalized spacial score (nSPS) is 18.6. The second-order valence-electron chi connectivity index (χ2n) is 7.06. The minimum absolute atomic E-state index is 0.207. The molecule has 134 valence electrons. The second kappa shape index (κ2) is 7.34. The van der Waals surface area contributed by atoms with E-state index in [1.807, 2.05) is 25.7 Å². The molecule has 7 nitrogen and oxygen atoms in total. The van der Waals surface area contributed by atoms with Gasteiger partial charge in [-0.2, -0.15) is 5.10 Å². The van der Waals surface area contributed by atoms with E-state index in [1.54, 1.807) is 24.9 Å². The Kier molecular flexibility index (Phi) is 5.64. The van der Waals surface area contributed by atoms with Gasteiger partial charge in [-0.25, -0.2) is 4.79 Å². The summed E-state index contributed by atoms with van der Waals surface area (Å²) in [6.07, 6.45) is 3.50. The van der Waals surface area contributed by atoms with Crippen LogP contribution < -0.4 is 0 Å². The highest BCUT2D eigenvalue weighted by molar-refractivity contribution is 5.88. The number of rotatable bonds is 5. The van der Waals surface area contributed by atoms with Crippen LogP contribution in [0, 0.1) is 0 Å². The van der Waals surface area contributed by atoms with Crippen molar-refractivity contribution in [3.63, 3.8) is 0 Å². The van der Waals surface area contributed by atoms with E-state index in [9.17, 15) is 9.59 Å². The molecule has 7 heteroatoms. The molecule has 0 aliphatic carbocycles. The lowest BCUT2D eigenvalue weighted by atomic mass is 10.1. The maximum atomic E-state index is 12.4. The SMILES string of the molecule is CCOC(=O)c1nn(C)cc1CN1CCC[C@H]1C(=O)OC(C)(C)C. The Labute approximate surface area is 142 Å². The third-order valence-electron chi connectivity index (χ3n) is 3.79. The average molecular weight is 337 g/mol. The summed E-state index contributed by atoms with van der Waals surface area (Å²) in [7, 11) is 1.77. The van der Waals surface area contributed by atoms with E-state index in [0.717, 1.165) is 24.9 Å². The second-order valence-corrected chi connectivity index (χ2v) is 7.06. The molecule has 1 fully saturated rings. The Hall–Kier alpha value is -1.89. The van der Waals surface area contributed by atoms with Gasteiger partial charge in [0.2, 0.25) is 0 Å². The van der Waals surface area contributed by atoms with Crippen LogP contribution in [0.3, 0.4) is 0 Å². The lowest BCUT2D eigenvalue weighted by Crippen LogP contribution is -2.40. The van der Waals surface area contributed by atoms with Crippen LogP contribution in [0.2, 0.25) is 0 Å². The number of nitrogens with zero attached hydrogens (tertiary/aromatic N) is 3. The lowest BCUT2D eigenvalue weighted by Gasteiger charge is -2.27. The van der Waals surface area contributed by atoms with Crippen molar-refractivity contribution in [3.05, 3.63) is 17.5 Å². The number of hydrogen-bond donors (Lipinski definition) is 0. The van der Waals surface area contributed by atoms with Crippen molar-refractivity contribution >= 4 is 11.9 Å². The van der Waals surface area contributed by atoms with E-state index in [1.165, 1.54) is 0 Å². The molecule has 1 aliphatic heterocycles. The molecule has 0 spiro atoms. The average Bonchev–Trinajstić information content (AvgIpc) is 3.04. The van der Waals surface area contributed by atoms with Gasteiger partial charge in [-0.3, -0.25) is 14.4 Å². The van der Waals surface area contributed by atoms with E-state index in [2.05, 4.69) is 5.10 Å². The van der Waals surface area contributed by atoms with Gasteiger partial charge < -0.3 is 9.47 Å². The molecule has 1 atom stereocenters. The molecule has 2 heterocycles. The Morgan fingerprint density at radius 3 is 2.71 bits per heavy atom. The summed E-state index contributed by atoms with van der Waals surface area (Å²) in [5.41, 5.74) is 0.580. The zero-order valence-electron chi connectivity index (χ0n) is 15.2. The predicted molar refractivity (Wildman–Crippen MR) is 88.4 cm³/mol. The molecule has 0 bridgehead atoms. The lowest BCUT2D eigenvalue weighted by molar-refractivity contribution is -0.160. The van der Waals surface area contributed by atoms with Crippen molar-refractivity contribution in [2.24, 2.45) is 7.05 Å². The van der Waals surface area contributed by atoms with Crippen LogP contribution in [0.1, 0.15) is 56.6 Å². The number of aryl methyl sites for hydroxylation is 1. The van der Waals surface area contributed by atoms with Gasteiger partial charge in [-0.05, 0) is 47.1 Å². The van der Waals surface area contributed by atoms with Crippen molar-refractivity contribution in [1.82, 2.24) is 14.7 Å². The van der Waals surface area contributed by atoms with Gasteiger partial charge >= 0.3 is 11.9 Å². The molecule has 1 aromatic rings. The minimum Gasteiger partial charge on any atom is -0.461 e. The quantitative estimate of drug-likeness (QED) is 0.764. The van der Waals surface area contributed by atoms with Crippen molar-refractivity contribution in [3.8, 4) is 0 Å². The highest BCUT2D eigenvalue weighted by atomic mass is 16.6. The molecule has 0 amide bonds. The van der Waals surface area contributed by atoms with Crippen LogP contribution in [0.15, 0.2) is 6.20 Å². The molecule has 1 saturated heterocycles. The number of carbonyl (C=O) groups excluding carboxylic acids is 2. The number of ether oxygens (including phenoxy) is 2. The first-order valence-corrected chi connectivity index (χ1v) is 8.38. The van der Waals surface area contributed by atoms with Crippen LogP contribution in [-0.4, -0.2) is 51.4 Å². The van der Waals surface area contributed by atoms with E-state index >= 15 is 0 Å². The maximum absolute atomic E-state index is 12.4. The van der Waals surface area contributed by atoms with Crippen molar-refractivity contribution in [1.29, 1.82) is 0 Å². The zero-order chi connectivity index (χ0) is 17.9. The van der Waals surface area contributed by atoms with Crippen LogP contribution in [0.4, 0.5) is 0 Å². The monoisotopic (exact) mass is 337 g/mol. The number of carbonyl (C=O) groups is 2. The van der Waals surface area contributed by atoms with Gasteiger partial charge in [-0.15, -0.1) is 0 Å². The highest BCUT2D eigenvalue weighted by Crippen LogP contribution is 2.24. The van der Waals surface area contributed by atoms with Gasteiger partial charge in [0.1, 0.15) is 11.6 Å². The zero-order valence-corrected chi connectivity index (χ0v) is 15.2. The molecule has 0 aromatic carbocycles. The van der Waals surface area contributed by atoms with Crippen LogP contribution >= 0.6 is 0 Å². The Balaban J connectivity index is 2.12. The van der Waals surface area contributed by atoms with Gasteiger partial charge in [0.05, 0.1) is 6.61 Å². The first-order chi connectivity index (χ1) is 11.2. The molecule has 24 heavy (non-hydrogen) atoms. The molecule has 1 aliphatic rings. The molecule has 0 unspecified atom stereocenters. The maximum Gasteiger partial charge on any atom is 0.359 e. The predicted octanol–water partition coefficient (Wildman–Crippen LogP) is 1.90. The number of likely N-dealkylation sites (tertiary alicyclic amines) is 1. The summed E-state index contributed by atoms with van der Waals surface area (Å²) in [5, 5.41) is 4.20. The molecular formula is C17H27N3O4. The van der Waals surface area contributed by atoms with Gasteiger partial charge in [0, 0.05) is 25.4 Å². The van der Waals surface area contributed by atoms with E-state index in [4.69, 9.17) is 9.47 Å². The minimum atomic E-state index is -0.504. The summed E-state index contributed by atoms with van der Waals surface area (Å²) >= 11 is 0. The van der Waals surface area contributed by atoms with Gasteiger partial charge in [-0.1, -0.05) is 0 Å². The molecule has 0 saturated carbocycles. The standard InChI is InChI=1S/C17H27N3O4/c1-6-23-16(22)14-12(10-19(5)18-14)11-20-9-7-8-13(20)15(21)24-17(2,3)4/h10,13H,6-9,11H2,1-5H3/t13-/m0/s1. The topological polar surface area (TPSA) is 73.7 Å². The fraction of sp³-hybridized carbons (Fsp3) is 0.706. The third-order valence-corrected chi connectivity index (χ3v) is 3.79. The smallest absolute Gasteiger partial charge is 0.359 e. The van der Waals surface area contributed by atoms with E-state index in [-0.39, 0.29) is 12.0 Å². The number of esters is 2. The molecule has 2 rings (SSSR count). The summed E-state index contributed by atoms with van der Waals surface area (Å²) < 4.78 is 12.2. The fourth-order valence-electron chi connectivity index (χ4n) is 2.90. The van der Waals surface area contributed by atoms with Crippen molar-refractivity contribution in [2.75, 3.05) is 13.2 Å². The largest absolute Gasteiger partial charge is 0.461 e. The molecule has 0 radical (unpaired) electrons. The molecular weight excluding hydrogens is 310 g/mol. The molecule has 1 aromatic heterocycles. The Morgan fingerprint density at radius 1 is 1.38 bits per heavy atom. The van der Waals surface area contributed by atoms with Gasteiger partial charge in [0.15, 0.2) is 5.69 Å². The Morgan fingerprint density at radius 2 is 2.08 bits per heavy atom. The first-order valence-electron chi connectivity index (χ1n) is 8.38. The van der Waals surface area contributed by atoms with Crippen LogP contribution in [0.5, 0.6) is 0 Å². The summed E-state index contributed by atoms with van der Waals surface area (Å²) in [4.78, 5) is 26.5.